The molecule has 0 saturated carbocycles. The summed E-state index contributed by atoms with van der Waals surface area (Å²) in [5.74, 6) is -0.936. The fourth-order valence-corrected chi connectivity index (χ4v) is 3.38. The van der Waals surface area contributed by atoms with Crippen molar-refractivity contribution in [1.29, 1.82) is 0 Å². The van der Waals surface area contributed by atoms with Gasteiger partial charge in [0, 0.05) is 16.5 Å². The fourth-order valence-electron chi connectivity index (χ4n) is 3.19. The second-order valence-corrected chi connectivity index (χ2v) is 7.59. The van der Waals surface area contributed by atoms with Crippen LogP contribution in [0.4, 0.5) is 0 Å². The molecule has 0 radical (unpaired) electrons. The highest BCUT2D eigenvalue weighted by Gasteiger charge is 2.17. The topological polar surface area (TPSA) is 85.6 Å². The lowest BCUT2D eigenvalue weighted by atomic mass is 10.1. The van der Waals surface area contributed by atoms with Crippen LogP contribution in [-0.2, 0) is 0 Å². The molecule has 4 rings (SSSR count). The monoisotopic (exact) mass is 447 g/mol. The summed E-state index contributed by atoms with van der Waals surface area (Å²) in [6, 6.07) is 21.5. The molecular formula is C25H18ClNO5. The van der Waals surface area contributed by atoms with Crippen LogP contribution in [0.15, 0.2) is 88.1 Å². The molecule has 1 aromatic heterocycles. The molecule has 32 heavy (non-hydrogen) atoms. The number of ether oxygens (including phenoxy) is 1. The highest BCUT2D eigenvalue weighted by Crippen LogP contribution is 2.22. The number of hydrogen-bond acceptors (Lipinski definition) is 5. The van der Waals surface area contributed by atoms with Gasteiger partial charge in [-0.15, -0.1) is 0 Å². The molecule has 0 aliphatic rings. The Labute approximate surface area is 188 Å². The molecule has 1 heterocycles. The molecule has 6 nitrogen and oxygen atoms in total. The molecule has 0 aliphatic heterocycles. The van der Waals surface area contributed by atoms with Gasteiger partial charge < -0.3 is 14.5 Å². The second kappa shape index (κ2) is 9.08. The Morgan fingerprint density at radius 1 is 0.969 bits per heavy atom. The quantitative estimate of drug-likeness (QED) is 0.259. The maximum absolute atomic E-state index is 12.6. The van der Waals surface area contributed by atoms with Crippen molar-refractivity contribution in [1.82, 2.24) is 5.32 Å². The zero-order valence-corrected chi connectivity index (χ0v) is 17.8. The van der Waals surface area contributed by atoms with Gasteiger partial charge in [0.05, 0.1) is 11.6 Å². The minimum Gasteiger partial charge on any atom is -0.423 e. The maximum atomic E-state index is 12.6. The zero-order valence-electron chi connectivity index (χ0n) is 17.0. The number of halogens is 1. The molecule has 0 fully saturated rings. The molecule has 0 aliphatic carbocycles. The maximum Gasteiger partial charge on any atom is 0.349 e. The lowest BCUT2D eigenvalue weighted by Gasteiger charge is -2.14. The van der Waals surface area contributed by atoms with Crippen LogP contribution in [0.3, 0.4) is 0 Å². The number of amides is 1. The van der Waals surface area contributed by atoms with Gasteiger partial charge in [-0.2, -0.15) is 0 Å². The van der Waals surface area contributed by atoms with E-state index in [0.717, 1.165) is 5.56 Å². The molecule has 7 heteroatoms. The van der Waals surface area contributed by atoms with Gasteiger partial charge in [0.15, 0.2) is 0 Å². The molecule has 0 saturated heterocycles. The summed E-state index contributed by atoms with van der Waals surface area (Å²) in [5.41, 5.74) is 0.507. The molecule has 0 bridgehead atoms. The number of nitrogens with one attached hydrogen (secondary N) is 1. The van der Waals surface area contributed by atoms with Gasteiger partial charge in [0.2, 0.25) is 0 Å². The predicted molar refractivity (Wildman–Crippen MR) is 121 cm³/mol. The largest absolute Gasteiger partial charge is 0.423 e. The van der Waals surface area contributed by atoms with Crippen molar-refractivity contribution >= 4 is 34.4 Å². The van der Waals surface area contributed by atoms with Gasteiger partial charge in [-0.3, -0.25) is 4.79 Å². The number of hydrogen-bond donors (Lipinski definition) is 1. The first kappa shape index (κ1) is 21.3. The smallest absolute Gasteiger partial charge is 0.349 e. The molecule has 160 valence electrons. The fraction of sp³-hybridized carbons (Fsp3) is 0.0800. The lowest BCUT2D eigenvalue weighted by molar-refractivity contribution is 0.0734. The average Bonchev–Trinajstić information content (AvgIpc) is 2.79. The van der Waals surface area contributed by atoms with Crippen LogP contribution in [0.2, 0.25) is 5.02 Å². The van der Waals surface area contributed by atoms with Gasteiger partial charge in [0.1, 0.15) is 16.9 Å². The van der Waals surface area contributed by atoms with Crippen LogP contribution < -0.4 is 15.7 Å². The number of esters is 1. The van der Waals surface area contributed by atoms with Crippen molar-refractivity contribution in [3.8, 4) is 5.75 Å². The number of rotatable bonds is 5. The molecule has 4 aromatic rings. The van der Waals surface area contributed by atoms with Crippen molar-refractivity contribution < 1.29 is 18.7 Å². The van der Waals surface area contributed by atoms with Crippen molar-refractivity contribution in [2.24, 2.45) is 0 Å². The van der Waals surface area contributed by atoms with Crippen molar-refractivity contribution in [3.63, 3.8) is 0 Å². The van der Waals surface area contributed by atoms with Crippen LogP contribution in [0.25, 0.3) is 11.0 Å². The molecule has 1 unspecified atom stereocenters. The highest BCUT2D eigenvalue weighted by atomic mass is 35.5. The summed E-state index contributed by atoms with van der Waals surface area (Å²) in [7, 11) is 0. The number of fused-ring (bicyclic) bond motifs is 1. The number of carbonyl (C=O) groups is 2. The summed E-state index contributed by atoms with van der Waals surface area (Å²) < 4.78 is 10.7. The van der Waals surface area contributed by atoms with E-state index in [2.05, 4.69) is 5.32 Å². The summed E-state index contributed by atoms with van der Waals surface area (Å²) in [5, 5.41) is 3.73. The Bertz CT molecular complexity index is 1360. The van der Waals surface area contributed by atoms with Crippen molar-refractivity contribution in [2.45, 2.75) is 13.0 Å². The van der Waals surface area contributed by atoms with Gasteiger partial charge in [-0.25, -0.2) is 9.59 Å². The Morgan fingerprint density at radius 3 is 2.50 bits per heavy atom. The summed E-state index contributed by atoms with van der Waals surface area (Å²) in [4.78, 5) is 37.4. The second-order valence-electron chi connectivity index (χ2n) is 7.15. The van der Waals surface area contributed by atoms with Gasteiger partial charge in [0.25, 0.3) is 5.91 Å². The normalized spacial score (nSPS) is 11.7. The standard InChI is InChI=1S/C25H18ClNO5/c1-15(16-6-3-2-4-7-16)27-23(28)21-13-17-10-11-20(14-22(17)32-25(21)30)31-24(29)18-8-5-9-19(26)12-18/h2-15H,1H3,(H,27,28). The van der Waals surface area contributed by atoms with Crippen LogP contribution in [0, 0.1) is 0 Å². The molecule has 1 atom stereocenters. The van der Waals surface area contributed by atoms with E-state index < -0.39 is 17.5 Å². The molecule has 1 amide bonds. The third kappa shape index (κ3) is 4.71. The van der Waals surface area contributed by atoms with Crippen LogP contribution >= 0.6 is 11.6 Å². The summed E-state index contributed by atoms with van der Waals surface area (Å²) in [6.07, 6.45) is 0. The van der Waals surface area contributed by atoms with E-state index in [9.17, 15) is 14.4 Å². The molecule has 1 N–H and O–H groups in total. The summed E-state index contributed by atoms with van der Waals surface area (Å²) in [6.45, 7) is 1.83. The first-order valence-electron chi connectivity index (χ1n) is 9.82. The van der Waals surface area contributed by atoms with Crippen LogP contribution in [0.1, 0.15) is 39.2 Å². The SMILES string of the molecule is CC(NC(=O)c1cc2ccc(OC(=O)c3cccc(Cl)c3)cc2oc1=O)c1ccccc1. The Balaban J connectivity index is 1.55. The minimum atomic E-state index is -0.784. The zero-order chi connectivity index (χ0) is 22.7. The van der Waals surface area contributed by atoms with Crippen LogP contribution in [0.5, 0.6) is 5.75 Å². The van der Waals surface area contributed by atoms with E-state index in [-0.39, 0.29) is 22.9 Å². The van der Waals surface area contributed by atoms with Crippen molar-refractivity contribution in [2.75, 3.05) is 0 Å². The van der Waals surface area contributed by atoms with E-state index in [1.54, 1.807) is 30.3 Å². The third-order valence-electron chi connectivity index (χ3n) is 4.87. The van der Waals surface area contributed by atoms with Gasteiger partial charge >= 0.3 is 11.6 Å². The Hall–Kier alpha value is -3.90. The highest BCUT2D eigenvalue weighted by molar-refractivity contribution is 6.30. The van der Waals surface area contributed by atoms with E-state index in [1.165, 1.54) is 18.2 Å². The van der Waals surface area contributed by atoms with Gasteiger partial charge in [-0.1, -0.05) is 48.0 Å². The number of benzene rings is 3. The Kier molecular flexibility index (Phi) is 6.05. The average molecular weight is 448 g/mol. The third-order valence-corrected chi connectivity index (χ3v) is 5.11. The molecule has 0 spiro atoms. The van der Waals surface area contributed by atoms with E-state index in [1.807, 2.05) is 37.3 Å². The van der Waals surface area contributed by atoms with E-state index in [0.29, 0.717) is 16.0 Å². The molecule has 3 aromatic carbocycles. The van der Waals surface area contributed by atoms with Gasteiger partial charge in [-0.05, 0) is 48.9 Å². The molecular weight excluding hydrogens is 430 g/mol. The Morgan fingerprint density at radius 2 is 1.75 bits per heavy atom. The predicted octanol–water partition coefficient (Wildman–Crippen LogP) is 5.16. The van der Waals surface area contributed by atoms with Crippen molar-refractivity contribution in [3.05, 3.63) is 111 Å². The van der Waals surface area contributed by atoms with E-state index >= 15 is 0 Å². The first-order chi connectivity index (χ1) is 15.4. The van der Waals surface area contributed by atoms with Crippen LogP contribution in [-0.4, -0.2) is 11.9 Å². The minimum absolute atomic E-state index is 0.107. The number of carbonyl (C=O) groups excluding carboxylic acids is 2. The summed E-state index contributed by atoms with van der Waals surface area (Å²) >= 11 is 5.90. The van der Waals surface area contributed by atoms with E-state index in [4.69, 9.17) is 20.8 Å². The lowest BCUT2D eigenvalue weighted by Crippen LogP contribution is -2.30. The first-order valence-corrected chi connectivity index (χ1v) is 10.2.